The molecule has 0 unspecified atom stereocenters. The second-order valence-corrected chi connectivity index (χ2v) is 7.74. The topological polar surface area (TPSA) is 59.4 Å². The minimum atomic E-state index is -0.138. The molecular formula is C23H28N4O2. The van der Waals surface area contributed by atoms with Gasteiger partial charge in [-0.05, 0) is 44.4 Å². The van der Waals surface area contributed by atoms with Crippen LogP contribution in [0.25, 0.3) is 11.0 Å². The number of anilines is 1. The van der Waals surface area contributed by atoms with Crippen molar-refractivity contribution >= 4 is 22.8 Å². The molecule has 1 aromatic heterocycles. The second kappa shape index (κ2) is 8.66. The summed E-state index contributed by atoms with van der Waals surface area (Å²) in [5.41, 5.74) is 4.02. The number of imidazole rings is 1. The number of ether oxygens (including phenoxy) is 1. The minimum absolute atomic E-state index is 0.138. The van der Waals surface area contributed by atoms with Crippen LogP contribution >= 0.6 is 0 Å². The normalized spacial score (nSPS) is 19.4. The summed E-state index contributed by atoms with van der Waals surface area (Å²) in [6.07, 6.45) is 3.81. The molecule has 2 atom stereocenters. The Labute approximate surface area is 171 Å². The number of carbonyl (C=O) groups is 1. The van der Waals surface area contributed by atoms with E-state index in [9.17, 15) is 4.79 Å². The average Bonchev–Trinajstić information content (AvgIpc) is 3.15. The number of morpholine rings is 1. The number of hydrogen-bond acceptors (Lipinski definition) is 4. The summed E-state index contributed by atoms with van der Waals surface area (Å²) >= 11 is 0. The van der Waals surface area contributed by atoms with E-state index in [0.717, 1.165) is 42.7 Å². The SMILES string of the molecule is C[C@@H]1CN(c2cccc3c2ncn3C(=O)NCCCc2ccccc2)C[C@H](C)O1. The van der Waals surface area contributed by atoms with Crippen LogP contribution in [0.2, 0.25) is 0 Å². The molecule has 152 valence electrons. The molecule has 0 spiro atoms. The highest BCUT2D eigenvalue weighted by Crippen LogP contribution is 2.28. The number of aryl methyl sites for hydroxylation is 1. The molecule has 0 saturated carbocycles. The van der Waals surface area contributed by atoms with Crippen molar-refractivity contribution < 1.29 is 9.53 Å². The van der Waals surface area contributed by atoms with E-state index in [0.29, 0.717) is 6.54 Å². The van der Waals surface area contributed by atoms with Crippen molar-refractivity contribution in [2.45, 2.75) is 38.9 Å². The summed E-state index contributed by atoms with van der Waals surface area (Å²) in [6, 6.07) is 16.2. The predicted molar refractivity (Wildman–Crippen MR) is 116 cm³/mol. The maximum Gasteiger partial charge on any atom is 0.327 e. The van der Waals surface area contributed by atoms with E-state index in [2.05, 4.69) is 47.2 Å². The minimum Gasteiger partial charge on any atom is -0.372 e. The highest BCUT2D eigenvalue weighted by Gasteiger charge is 2.24. The van der Waals surface area contributed by atoms with Crippen LogP contribution in [0.3, 0.4) is 0 Å². The first kappa shape index (κ1) is 19.5. The van der Waals surface area contributed by atoms with E-state index in [-0.39, 0.29) is 18.2 Å². The molecule has 2 heterocycles. The van der Waals surface area contributed by atoms with Crippen molar-refractivity contribution in [3.05, 3.63) is 60.4 Å². The van der Waals surface area contributed by atoms with Crippen LogP contribution in [0.4, 0.5) is 10.5 Å². The van der Waals surface area contributed by atoms with Gasteiger partial charge in [0, 0.05) is 19.6 Å². The lowest BCUT2D eigenvalue weighted by Gasteiger charge is -2.36. The highest BCUT2D eigenvalue weighted by molar-refractivity contribution is 5.95. The molecule has 0 bridgehead atoms. The highest BCUT2D eigenvalue weighted by atomic mass is 16.5. The van der Waals surface area contributed by atoms with Gasteiger partial charge in [-0.25, -0.2) is 9.78 Å². The zero-order valence-electron chi connectivity index (χ0n) is 17.0. The van der Waals surface area contributed by atoms with Gasteiger partial charge in [-0.2, -0.15) is 0 Å². The molecule has 3 aromatic rings. The van der Waals surface area contributed by atoms with Crippen molar-refractivity contribution in [3.8, 4) is 0 Å². The molecule has 1 N–H and O–H groups in total. The summed E-state index contributed by atoms with van der Waals surface area (Å²) in [6.45, 7) is 6.45. The van der Waals surface area contributed by atoms with Gasteiger partial charge in [0.25, 0.3) is 0 Å². The quantitative estimate of drug-likeness (QED) is 0.670. The first-order valence-corrected chi connectivity index (χ1v) is 10.3. The number of benzene rings is 2. The lowest BCUT2D eigenvalue weighted by molar-refractivity contribution is -0.00514. The summed E-state index contributed by atoms with van der Waals surface area (Å²) < 4.78 is 7.45. The Morgan fingerprint density at radius 1 is 1.10 bits per heavy atom. The first-order valence-electron chi connectivity index (χ1n) is 10.3. The molecule has 1 fully saturated rings. The molecule has 1 aliphatic rings. The van der Waals surface area contributed by atoms with Gasteiger partial charge in [-0.3, -0.25) is 4.57 Å². The van der Waals surface area contributed by atoms with Crippen LogP contribution in [0, 0.1) is 0 Å². The third-order valence-corrected chi connectivity index (χ3v) is 5.30. The molecule has 29 heavy (non-hydrogen) atoms. The number of para-hydroxylation sites is 1. The molecule has 0 radical (unpaired) electrons. The fraction of sp³-hybridized carbons (Fsp3) is 0.391. The Bertz CT molecular complexity index is 959. The van der Waals surface area contributed by atoms with Crippen LogP contribution < -0.4 is 10.2 Å². The third kappa shape index (κ3) is 4.43. The number of amides is 1. The van der Waals surface area contributed by atoms with Crippen LogP contribution in [-0.4, -0.2) is 47.4 Å². The Morgan fingerprint density at radius 2 is 1.86 bits per heavy atom. The maximum atomic E-state index is 12.7. The van der Waals surface area contributed by atoms with E-state index in [1.165, 1.54) is 5.56 Å². The average molecular weight is 393 g/mol. The largest absolute Gasteiger partial charge is 0.372 e. The van der Waals surface area contributed by atoms with E-state index >= 15 is 0 Å². The van der Waals surface area contributed by atoms with E-state index in [1.54, 1.807) is 10.9 Å². The first-order chi connectivity index (χ1) is 14.1. The van der Waals surface area contributed by atoms with Crippen LogP contribution in [-0.2, 0) is 11.2 Å². The van der Waals surface area contributed by atoms with Gasteiger partial charge in [0.2, 0.25) is 0 Å². The number of carbonyl (C=O) groups excluding carboxylic acids is 1. The van der Waals surface area contributed by atoms with E-state index in [1.807, 2.05) is 30.3 Å². The van der Waals surface area contributed by atoms with Gasteiger partial charge in [0.15, 0.2) is 0 Å². The van der Waals surface area contributed by atoms with Gasteiger partial charge < -0.3 is 15.0 Å². The zero-order chi connectivity index (χ0) is 20.2. The lowest BCUT2D eigenvalue weighted by atomic mass is 10.1. The monoisotopic (exact) mass is 392 g/mol. The Balaban J connectivity index is 1.44. The van der Waals surface area contributed by atoms with Gasteiger partial charge >= 0.3 is 6.03 Å². The van der Waals surface area contributed by atoms with Crippen molar-refractivity contribution in [2.75, 3.05) is 24.5 Å². The fourth-order valence-electron chi connectivity index (χ4n) is 4.03. The Morgan fingerprint density at radius 3 is 2.62 bits per heavy atom. The molecular weight excluding hydrogens is 364 g/mol. The number of fused-ring (bicyclic) bond motifs is 1. The van der Waals surface area contributed by atoms with Gasteiger partial charge in [-0.1, -0.05) is 36.4 Å². The molecule has 1 saturated heterocycles. The smallest absolute Gasteiger partial charge is 0.327 e. The molecule has 6 nitrogen and oxygen atoms in total. The summed E-state index contributed by atoms with van der Waals surface area (Å²) in [5.74, 6) is 0. The number of aromatic nitrogens is 2. The van der Waals surface area contributed by atoms with E-state index < -0.39 is 0 Å². The second-order valence-electron chi connectivity index (χ2n) is 7.74. The molecule has 6 heteroatoms. The van der Waals surface area contributed by atoms with E-state index in [4.69, 9.17) is 4.74 Å². The van der Waals surface area contributed by atoms with Gasteiger partial charge in [0.1, 0.15) is 11.8 Å². The fourth-order valence-corrected chi connectivity index (χ4v) is 4.03. The van der Waals surface area contributed by atoms with Gasteiger partial charge in [0.05, 0.1) is 23.4 Å². The maximum absolute atomic E-state index is 12.7. The zero-order valence-corrected chi connectivity index (χ0v) is 17.0. The van der Waals surface area contributed by atoms with Crippen molar-refractivity contribution in [3.63, 3.8) is 0 Å². The Hall–Kier alpha value is -2.86. The van der Waals surface area contributed by atoms with Crippen molar-refractivity contribution in [1.29, 1.82) is 0 Å². The molecule has 0 aliphatic carbocycles. The summed E-state index contributed by atoms with van der Waals surface area (Å²) in [7, 11) is 0. The number of nitrogens with one attached hydrogen (secondary N) is 1. The lowest BCUT2D eigenvalue weighted by Crippen LogP contribution is -2.45. The van der Waals surface area contributed by atoms with Crippen LogP contribution in [0.1, 0.15) is 25.8 Å². The molecule has 1 amide bonds. The summed E-state index contributed by atoms with van der Waals surface area (Å²) in [4.78, 5) is 19.6. The standard InChI is InChI=1S/C23H28N4O2/c1-17-14-26(15-18(2)29-17)20-11-6-12-21-22(20)25-16-27(21)23(28)24-13-7-10-19-8-4-3-5-9-19/h3-6,8-9,11-12,16-18H,7,10,13-15H2,1-2H3,(H,24,28)/t17-,18+. The van der Waals surface area contributed by atoms with Crippen LogP contribution in [0.15, 0.2) is 54.9 Å². The van der Waals surface area contributed by atoms with Crippen molar-refractivity contribution in [1.82, 2.24) is 14.9 Å². The van der Waals surface area contributed by atoms with Crippen LogP contribution in [0.5, 0.6) is 0 Å². The number of rotatable bonds is 5. The third-order valence-electron chi connectivity index (χ3n) is 5.30. The Kier molecular flexibility index (Phi) is 5.81. The molecule has 1 aliphatic heterocycles. The molecule has 2 aromatic carbocycles. The van der Waals surface area contributed by atoms with Crippen molar-refractivity contribution in [2.24, 2.45) is 0 Å². The molecule has 4 rings (SSSR count). The summed E-state index contributed by atoms with van der Waals surface area (Å²) in [5, 5.41) is 3.01. The number of hydrogen-bond donors (Lipinski definition) is 1. The van der Waals surface area contributed by atoms with Gasteiger partial charge in [-0.15, -0.1) is 0 Å². The predicted octanol–water partition coefficient (Wildman–Crippen LogP) is 3.84. The number of nitrogens with zero attached hydrogens (tertiary/aromatic N) is 3.